The molecule has 1 aliphatic heterocycles. The highest BCUT2D eigenvalue weighted by Crippen LogP contribution is 2.28. The molecule has 0 bridgehead atoms. The highest BCUT2D eigenvalue weighted by molar-refractivity contribution is 7.86. The first-order chi connectivity index (χ1) is 9.41. The summed E-state index contributed by atoms with van der Waals surface area (Å²) in [6.07, 6.45) is 5.29. The Bertz CT molecular complexity index is 407. The van der Waals surface area contributed by atoms with Crippen molar-refractivity contribution in [1.82, 2.24) is 13.9 Å². The molecule has 1 N–H and O–H groups in total. The van der Waals surface area contributed by atoms with Gasteiger partial charge in [-0.1, -0.05) is 20.3 Å². The zero-order chi connectivity index (χ0) is 14.8. The van der Waals surface area contributed by atoms with Crippen molar-refractivity contribution in [2.24, 2.45) is 5.92 Å². The summed E-state index contributed by atoms with van der Waals surface area (Å²) in [5, 5.41) is 3.43. The summed E-state index contributed by atoms with van der Waals surface area (Å²) < 4.78 is 28.6. The molecule has 1 saturated carbocycles. The van der Waals surface area contributed by atoms with E-state index in [2.05, 4.69) is 19.2 Å². The van der Waals surface area contributed by atoms with E-state index >= 15 is 0 Å². The standard InChI is InChI=1S/C14H29N3O2S/c1-12(2)15-10-13-6-5-9-17(11-13)20(18,19)16(3)14-7-4-8-14/h12-15H,4-11H2,1-3H3. The lowest BCUT2D eigenvalue weighted by molar-refractivity contribution is 0.206. The van der Waals surface area contributed by atoms with E-state index < -0.39 is 10.2 Å². The highest BCUT2D eigenvalue weighted by atomic mass is 32.2. The summed E-state index contributed by atoms with van der Waals surface area (Å²) in [5.41, 5.74) is 0. The van der Waals surface area contributed by atoms with Gasteiger partial charge < -0.3 is 5.32 Å². The van der Waals surface area contributed by atoms with E-state index in [1.165, 1.54) is 0 Å². The van der Waals surface area contributed by atoms with Crippen LogP contribution in [-0.4, -0.2) is 55.8 Å². The van der Waals surface area contributed by atoms with Gasteiger partial charge in [0, 0.05) is 32.2 Å². The van der Waals surface area contributed by atoms with E-state index in [1.807, 2.05) is 0 Å². The normalized spacial score (nSPS) is 26.1. The summed E-state index contributed by atoms with van der Waals surface area (Å²) in [6, 6.07) is 0.689. The number of nitrogens with one attached hydrogen (secondary N) is 1. The minimum atomic E-state index is -3.25. The molecule has 1 heterocycles. The van der Waals surface area contributed by atoms with Gasteiger partial charge in [-0.25, -0.2) is 0 Å². The Morgan fingerprint density at radius 2 is 1.95 bits per heavy atom. The van der Waals surface area contributed by atoms with E-state index in [1.54, 1.807) is 15.7 Å². The molecule has 1 aliphatic carbocycles. The Hall–Kier alpha value is -0.170. The zero-order valence-electron chi connectivity index (χ0n) is 13.0. The predicted molar refractivity (Wildman–Crippen MR) is 81.8 cm³/mol. The Morgan fingerprint density at radius 3 is 2.50 bits per heavy atom. The predicted octanol–water partition coefficient (Wildman–Crippen LogP) is 1.43. The van der Waals surface area contributed by atoms with Gasteiger partial charge >= 0.3 is 0 Å². The second-order valence-corrected chi connectivity index (χ2v) is 8.53. The Balaban J connectivity index is 1.93. The molecule has 2 aliphatic rings. The van der Waals surface area contributed by atoms with Crippen LogP contribution in [0.3, 0.4) is 0 Å². The molecule has 1 unspecified atom stereocenters. The molecule has 0 aromatic heterocycles. The first-order valence-electron chi connectivity index (χ1n) is 7.87. The molecule has 0 aromatic rings. The molecule has 1 atom stereocenters. The molecule has 0 amide bonds. The van der Waals surface area contributed by atoms with E-state index in [9.17, 15) is 8.42 Å². The van der Waals surface area contributed by atoms with Crippen molar-refractivity contribution in [3.8, 4) is 0 Å². The average molecular weight is 303 g/mol. The number of nitrogens with zero attached hydrogens (tertiary/aromatic N) is 2. The lowest BCUT2D eigenvalue weighted by atomic mass is 9.94. The van der Waals surface area contributed by atoms with Gasteiger partial charge in [-0.15, -0.1) is 0 Å². The fourth-order valence-electron chi connectivity index (χ4n) is 2.93. The number of hydrogen-bond donors (Lipinski definition) is 1. The Morgan fingerprint density at radius 1 is 1.25 bits per heavy atom. The molecule has 118 valence electrons. The molecule has 20 heavy (non-hydrogen) atoms. The van der Waals surface area contributed by atoms with Crippen LogP contribution in [0.2, 0.25) is 0 Å². The van der Waals surface area contributed by atoms with Crippen molar-refractivity contribution in [3.63, 3.8) is 0 Å². The molecule has 0 spiro atoms. The first-order valence-corrected chi connectivity index (χ1v) is 9.27. The van der Waals surface area contributed by atoms with Gasteiger partial charge in [-0.2, -0.15) is 17.0 Å². The number of hydrogen-bond acceptors (Lipinski definition) is 3. The third-order valence-corrected chi connectivity index (χ3v) is 6.59. The van der Waals surface area contributed by atoms with Crippen LogP contribution in [-0.2, 0) is 10.2 Å². The van der Waals surface area contributed by atoms with Gasteiger partial charge in [0.25, 0.3) is 10.2 Å². The van der Waals surface area contributed by atoms with Gasteiger partial charge in [0.2, 0.25) is 0 Å². The van der Waals surface area contributed by atoms with E-state index in [4.69, 9.17) is 0 Å². The largest absolute Gasteiger partial charge is 0.314 e. The highest BCUT2D eigenvalue weighted by Gasteiger charge is 2.36. The van der Waals surface area contributed by atoms with Crippen molar-refractivity contribution < 1.29 is 8.42 Å². The minimum Gasteiger partial charge on any atom is -0.314 e. The maximum atomic E-state index is 12.6. The topological polar surface area (TPSA) is 52.7 Å². The van der Waals surface area contributed by atoms with E-state index in [0.717, 1.165) is 38.6 Å². The SMILES string of the molecule is CC(C)NCC1CCCN(S(=O)(=O)N(C)C2CCC2)C1. The summed E-state index contributed by atoms with van der Waals surface area (Å²) in [5.74, 6) is 0.440. The van der Waals surface area contributed by atoms with Crippen LogP contribution >= 0.6 is 0 Å². The third kappa shape index (κ3) is 3.72. The third-order valence-electron chi connectivity index (χ3n) is 4.58. The molecule has 0 aromatic carbocycles. The first kappa shape index (κ1) is 16.2. The fraction of sp³-hybridized carbons (Fsp3) is 1.00. The van der Waals surface area contributed by atoms with Crippen molar-refractivity contribution in [2.75, 3.05) is 26.7 Å². The monoisotopic (exact) mass is 303 g/mol. The fourth-order valence-corrected chi connectivity index (χ4v) is 4.64. The van der Waals surface area contributed by atoms with Gasteiger partial charge in [0.1, 0.15) is 0 Å². The lowest BCUT2D eigenvalue weighted by Crippen LogP contribution is -2.52. The summed E-state index contributed by atoms with van der Waals surface area (Å²) in [7, 11) is -1.51. The van der Waals surface area contributed by atoms with Gasteiger partial charge in [0.15, 0.2) is 0 Å². The second-order valence-electron chi connectivity index (χ2n) is 6.54. The van der Waals surface area contributed by atoms with Crippen LogP contribution in [0.25, 0.3) is 0 Å². The number of piperidine rings is 1. The average Bonchev–Trinajstić information content (AvgIpc) is 2.34. The Kier molecular flexibility index (Phi) is 5.45. The molecule has 2 fully saturated rings. The van der Waals surface area contributed by atoms with Crippen LogP contribution in [0.15, 0.2) is 0 Å². The summed E-state index contributed by atoms with van der Waals surface area (Å²) >= 11 is 0. The van der Waals surface area contributed by atoms with Gasteiger partial charge in [-0.05, 0) is 38.1 Å². The molecule has 1 saturated heterocycles. The maximum Gasteiger partial charge on any atom is 0.281 e. The second kappa shape index (κ2) is 6.73. The number of rotatable bonds is 6. The lowest BCUT2D eigenvalue weighted by Gasteiger charge is -2.39. The molecule has 5 nitrogen and oxygen atoms in total. The van der Waals surface area contributed by atoms with Crippen molar-refractivity contribution in [2.45, 2.75) is 58.0 Å². The molecule has 0 radical (unpaired) electrons. The summed E-state index contributed by atoms with van der Waals surface area (Å²) in [6.45, 7) is 6.51. The van der Waals surface area contributed by atoms with E-state index in [0.29, 0.717) is 25.0 Å². The smallest absolute Gasteiger partial charge is 0.281 e. The zero-order valence-corrected chi connectivity index (χ0v) is 13.8. The van der Waals surface area contributed by atoms with Crippen molar-refractivity contribution in [1.29, 1.82) is 0 Å². The quantitative estimate of drug-likeness (QED) is 0.807. The van der Waals surface area contributed by atoms with E-state index in [-0.39, 0.29) is 6.04 Å². The van der Waals surface area contributed by atoms with Crippen LogP contribution in [0.4, 0.5) is 0 Å². The van der Waals surface area contributed by atoms with Crippen LogP contribution in [0, 0.1) is 5.92 Å². The van der Waals surface area contributed by atoms with Crippen LogP contribution in [0.5, 0.6) is 0 Å². The van der Waals surface area contributed by atoms with Crippen LogP contribution < -0.4 is 5.32 Å². The minimum absolute atomic E-state index is 0.231. The van der Waals surface area contributed by atoms with Gasteiger partial charge in [0.05, 0.1) is 0 Å². The molecular formula is C14H29N3O2S. The molecular weight excluding hydrogens is 274 g/mol. The molecule has 6 heteroatoms. The maximum absolute atomic E-state index is 12.6. The van der Waals surface area contributed by atoms with Crippen LogP contribution in [0.1, 0.15) is 46.0 Å². The molecule has 2 rings (SSSR count). The van der Waals surface area contributed by atoms with Crippen molar-refractivity contribution in [3.05, 3.63) is 0 Å². The van der Waals surface area contributed by atoms with Crippen molar-refractivity contribution >= 4 is 10.2 Å². The summed E-state index contributed by atoms with van der Waals surface area (Å²) in [4.78, 5) is 0. The Labute approximate surface area is 123 Å². The van der Waals surface area contributed by atoms with Gasteiger partial charge in [-0.3, -0.25) is 0 Å².